The minimum atomic E-state index is -0.600. The van der Waals surface area contributed by atoms with Gasteiger partial charge in [-0.05, 0) is 6.07 Å². The second-order valence-corrected chi connectivity index (χ2v) is 4.98. The van der Waals surface area contributed by atoms with Crippen LogP contribution >= 0.6 is 34.5 Å². The van der Waals surface area contributed by atoms with Crippen molar-refractivity contribution in [2.45, 2.75) is 0 Å². The molecule has 0 saturated carbocycles. The zero-order chi connectivity index (χ0) is 14.0. The molecule has 19 heavy (non-hydrogen) atoms. The SMILES string of the molecule is O=Cc1sc(Oc2ccc([N+](=O)[O-])c(Cl)c2)nc1Cl. The van der Waals surface area contributed by atoms with Crippen molar-refractivity contribution >= 4 is 46.5 Å². The fraction of sp³-hybridized carbons (Fsp3) is 0. The average molecular weight is 319 g/mol. The van der Waals surface area contributed by atoms with Crippen LogP contribution in [0.2, 0.25) is 10.2 Å². The van der Waals surface area contributed by atoms with Gasteiger partial charge in [0.05, 0.1) is 4.92 Å². The van der Waals surface area contributed by atoms with E-state index in [4.69, 9.17) is 27.9 Å². The molecule has 0 radical (unpaired) electrons. The Hall–Kier alpha value is -1.70. The molecule has 0 aliphatic carbocycles. The summed E-state index contributed by atoms with van der Waals surface area (Å²) in [5.74, 6) is 0.262. The maximum Gasteiger partial charge on any atom is 0.288 e. The largest absolute Gasteiger partial charge is 0.431 e. The Labute approximate surface area is 120 Å². The van der Waals surface area contributed by atoms with Crippen LogP contribution in [-0.2, 0) is 0 Å². The first-order chi connectivity index (χ1) is 9.01. The molecule has 6 nitrogen and oxygen atoms in total. The Morgan fingerprint density at radius 3 is 2.68 bits per heavy atom. The quantitative estimate of drug-likeness (QED) is 0.484. The highest BCUT2D eigenvalue weighted by molar-refractivity contribution is 7.15. The molecule has 0 saturated heterocycles. The van der Waals surface area contributed by atoms with Crippen LogP contribution in [0, 0.1) is 10.1 Å². The van der Waals surface area contributed by atoms with E-state index in [0.717, 1.165) is 11.3 Å². The number of aldehydes is 1. The normalized spacial score (nSPS) is 10.2. The molecule has 0 fully saturated rings. The van der Waals surface area contributed by atoms with Crippen LogP contribution in [0.25, 0.3) is 0 Å². The van der Waals surface area contributed by atoms with Crippen molar-refractivity contribution in [2.24, 2.45) is 0 Å². The molecule has 98 valence electrons. The highest BCUT2D eigenvalue weighted by Crippen LogP contribution is 2.34. The first-order valence-corrected chi connectivity index (χ1v) is 6.32. The summed E-state index contributed by atoms with van der Waals surface area (Å²) in [6.07, 6.45) is 0.565. The van der Waals surface area contributed by atoms with Crippen molar-refractivity contribution < 1.29 is 14.5 Å². The van der Waals surface area contributed by atoms with E-state index in [9.17, 15) is 14.9 Å². The summed E-state index contributed by atoms with van der Waals surface area (Å²) in [7, 11) is 0. The van der Waals surface area contributed by atoms with Crippen molar-refractivity contribution in [1.82, 2.24) is 4.98 Å². The molecule has 9 heteroatoms. The third-order valence-electron chi connectivity index (χ3n) is 2.02. The van der Waals surface area contributed by atoms with Gasteiger partial charge in [-0.3, -0.25) is 14.9 Å². The number of nitrogens with zero attached hydrogens (tertiary/aromatic N) is 2. The van der Waals surface area contributed by atoms with Crippen molar-refractivity contribution in [3.8, 4) is 10.9 Å². The lowest BCUT2D eigenvalue weighted by atomic mass is 10.3. The van der Waals surface area contributed by atoms with E-state index in [1.165, 1.54) is 18.2 Å². The average Bonchev–Trinajstić information content (AvgIpc) is 2.69. The van der Waals surface area contributed by atoms with Gasteiger partial charge in [0.2, 0.25) is 0 Å². The van der Waals surface area contributed by atoms with E-state index in [1.807, 2.05) is 0 Å². The number of nitro groups is 1. The van der Waals surface area contributed by atoms with Gasteiger partial charge in [-0.1, -0.05) is 34.5 Å². The molecule has 0 aliphatic rings. The Morgan fingerprint density at radius 1 is 1.42 bits per heavy atom. The Morgan fingerprint density at radius 2 is 2.16 bits per heavy atom. The number of nitro benzene ring substituents is 1. The van der Waals surface area contributed by atoms with Gasteiger partial charge in [0.15, 0.2) is 11.4 Å². The summed E-state index contributed by atoms with van der Waals surface area (Å²) in [5, 5.41) is 10.7. The zero-order valence-electron chi connectivity index (χ0n) is 9.00. The molecule has 0 aliphatic heterocycles. The van der Waals surface area contributed by atoms with Gasteiger partial charge in [0.1, 0.15) is 15.6 Å². The molecule has 0 atom stereocenters. The summed E-state index contributed by atoms with van der Waals surface area (Å²) in [4.78, 5) is 24.7. The van der Waals surface area contributed by atoms with Crippen LogP contribution in [0.15, 0.2) is 18.2 Å². The molecular formula is C10H4Cl2N2O4S. The number of thiazole rings is 1. The predicted molar refractivity (Wildman–Crippen MR) is 70.7 cm³/mol. The fourth-order valence-electron chi connectivity index (χ4n) is 1.21. The zero-order valence-corrected chi connectivity index (χ0v) is 11.3. The second-order valence-electron chi connectivity index (χ2n) is 3.23. The van der Waals surface area contributed by atoms with Gasteiger partial charge in [0.25, 0.3) is 10.9 Å². The summed E-state index contributed by atoms with van der Waals surface area (Å²) >= 11 is 12.4. The summed E-state index contributed by atoms with van der Waals surface area (Å²) < 4.78 is 5.31. The highest BCUT2D eigenvalue weighted by atomic mass is 35.5. The molecule has 0 unspecified atom stereocenters. The highest BCUT2D eigenvalue weighted by Gasteiger charge is 2.15. The maximum atomic E-state index is 10.6. The molecule has 0 amide bonds. The maximum absolute atomic E-state index is 10.6. The van der Waals surface area contributed by atoms with Crippen molar-refractivity contribution in [3.63, 3.8) is 0 Å². The first-order valence-electron chi connectivity index (χ1n) is 4.74. The lowest BCUT2D eigenvalue weighted by molar-refractivity contribution is -0.384. The number of hydrogen-bond donors (Lipinski definition) is 0. The summed E-state index contributed by atoms with van der Waals surface area (Å²) in [5.41, 5.74) is -0.222. The van der Waals surface area contributed by atoms with Crippen molar-refractivity contribution in [1.29, 1.82) is 0 Å². The van der Waals surface area contributed by atoms with Crippen LogP contribution in [-0.4, -0.2) is 16.2 Å². The second kappa shape index (κ2) is 5.52. The number of rotatable bonds is 4. The first kappa shape index (κ1) is 13.7. The van der Waals surface area contributed by atoms with Crippen LogP contribution < -0.4 is 4.74 Å². The molecule has 2 rings (SSSR count). The third kappa shape index (κ3) is 3.01. The minimum Gasteiger partial charge on any atom is -0.431 e. The molecule has 2 aromatic rings. The van der Waals surface area contributed by atoms with Crippen LogP contribution in [0.1, 0.15) is 9.67 Å². The van der Waals surface area contributed by atoms with Crippen molar-refractivity contribution in [2.75, 3.05) is 0 Å². The lowest BCUT2D eigenvalue weighted by Gasteiger charge is -2.01. The smallest absolute Gasteiger partial charge is 0.288 e. The van der Waals surface area contributed by atoms with Gasteiger partial charge < -0.3 is 4.74 Å². The van der Waals surface area contributed by atoms with Gasteiger partial charge in [-0.25, -0.2) is 0 Å². The number of halogens is 2. The Balaban J connectivity index is 2.26. The topological polar surface area (TPSA) is 82.3 Å². The Bertz CT molecular complexity index is 659. The number of hydrogen-bond acceptors (Lipinski definition) is 6. The van der Waals surface area contributed by atoms with E-state index in [1.54, 1.807) is 0 Å². The standard InChI is InChI=1S/C10H4Cl2N2O4S/c11-6-3-5(1-2-7(6)14(16)17)18-10-13-9(12)8(4-15)19-10/h1-4H. The number of aromatic nitrogens is 1. The Kier molecular flexibility index (Phi) is 3.98. The summed E-state index contributed by atoms with van der Waals surface area (Å²) in [6.45, 7) is 0. The van der Waals surface area contributed by atoms with E-state index in [0.29, 0.717) is 6.29 Å². The molecule has 1 heterocycles. The minimum absolute atomic E-state index is 0.0445. The molecule has 0 spiro atoms. The van der Waals surface area contributed by atoms with Crippen LogP contribution in [0.3, 0.4) is 0 Å². The number of carbonyl (C=O) groups excluding carboxylic acids is 1. The molecule has 1 aromatic heterocycles. The number of benzene rings is 1. The van der Waals surface area contributed by atoms with Gasteiger partial charge in [-0.15, -0.1) is 0 Å². The number of ether oxygens (including phenoxy) is 1. The molecule has 0 bridgehead atoms. The van der Waals surface area contributed by atoms with Gasteiger partial charge in [0, 0.05) is 12.1 Å². The van der Waals surface area contributed by atoms with Crippen LogP contribution in [0.4, 0.5) is 5.69 Å². The predicted octanol–water partition coefficient (Wildman–Crippen LogP) is 3.96. The molecule has 1 aromatic carbocycles. The van der Waals surface area contributed by atoms with E-state index in [2.05, 4.69) is 4.98 Å². The summed E-state index contributed by atoms with van der Waals surface area (Å²) in [6, 6.07) is 3.88. The molecule has 0 N–H and O–H groups in total. The van der Waals surface area contributed by atoms with Gasteiger partial charge >= 0.3 is 0 Å². The van der Waals surface area contributed by atoms with E-state index >= 15 is 0 Å². The lowest BCUT2D eigenvalue weighted by Crippen LogP contribution is -1.90. The monoisotopic (exact) mass is 318 g/mol. The van der Waals surface area contributed by atoms with E-state index in [-0.39, 0.29) is 31.7 Å². The van der Waals surface area contributed by atoms with Gasteiger partial charge in [-0.2, -0.15) is 4.98 Å². The van der Waals surface area contributed by atoms with E-state index < -0.39 is 4.92 Å². The third-order valence-corrected chi connectivity index (χ3v) is 3.58. The van der Waals surface area contributed by atoms with Crippen molar-refractivity contribution in [3.05, 3.63) is 43.4 Å². The number of carbonyl (C=O) groups is 1. The van der Waals surface area contributed by atoms with Crippen LogP contribution in [0.5, 0.6) is 10.9 Å². The fourth-order valence-corrected chi connectivity index (χ4v) is 2.38. The molecular weight excluding hydrogens is 315 g/mol.